The van der Waals surface area contributed by atoms with Gasteiger partial charge in [-0.3, -0.25) is 9.59 Å². The molecule has 1 heterocycles. The fraction of sp³-hybridized carbons (Fsp3) is 0.158. The molecule has 0 aliphatic carbocycles. The molecule has 2 amide bonds. The standard InChI is InChI=1S/C19H17FN4O4/c1-11(25)21-13-7-8-15(20)16(9-13)23-19(26)14-5-3-4-6-17(14)27-10-18-22-12(2)28-24-18/h3-9H,10H2,1-2H3,(H,21,25)(H,23,26). The number of anilines is 2. The highest BCUT2D eigenvalue weighted by Crippen LogP contribution is 2.24. The normalized spacial score (nSPS) is 10.4. The molecule has 0 atom stereocenters. The van der Waals surface area contributed by atoms with E-state index in [1.54, 1.807) is 31.2 Å². The van der Waals surface area contributed by atoms with Crippen molar-refractivity contribution in [2.24, 2.45) is 0 Å². The lowest BCUT2D eigenvalue weighted by molar-refractivity contribution is -0.114. The van der Waals surface area contributed by atoms with E-state index in [9.17, 15) is 14.0 Å². The van der Waals surface area contributed by atoms with Gasteiger partial charge in [-0.25, -0.2) is 4.39 Å². The van der Waals surface area contributed by atoms with Crippen LogP contribution in [0.15, 0.2) is 47.0 Å². The molecule has 9 heteroatoms. The topological polar surface area (TPSA) is 106 Å². The molecule has 0 saturated heterocycles. The Hall–Kier alpha value is -3.75. The van der Waals surface area contributed by atoms with E-state index in [0.29, 0.717) is 17.4 Å². The molecule has 0 aliphatic rings. The first kappa shape index (κ1) is 19.0. The molecule has 0 fully saturated rings. The van der Waals surface area contributed by atoms with Gasteiger partial charge < -0.3 is 19.9 Å². The number of nitrogens with one attached hydrogen (secondary N) is 2. The van der Waals surface area contributed by atoms with E-state index in [2.05, 4.69) is 20.8 Å². The van der Waals surface area contributed by atoms with Gasteiger partial charge in [-0.05, 0) is 30.3 Å². The van der Waals surface area contributed by atoms with E-state index in [1.807, 2.05) is 0 Å². The van der Waals surface area contributed by atoms with E-state index in [4.69, 9.17) is 9.26 Å². The van der Waals surface area contributed by atoms with Crippen LogP contribution in [0.5, 0.6) is 5.75 Å². The summed E-state index contributed by atoms with van der Waals surface area (Å²) in [4.78, 5) is 27.8. The third kappa shape index (κ3) is 4.70. The number of carbonyl (C=O) groups is 2. The zero-order valence-electron chi connectivity index (χ0n) is 15.2. The average molecular weight is 384 g/mol. The van der Waals surface area contributed by atoms with E-state index < -0.39 is 11.7 Å². The van der Waals surface area contributed by atoms with Gasteiger partial charge in [0.15, 0.2) is 6.61 Å². The summed E-state index contributed by atoms with van der Waals surface area (Å²) < 4.78 is 24.5. The van der Waals surface area contributed by atoms with Crippen molar-refractivity contribution in [1.82, 2.24) is 10.1 Å². The van der Waals surface area contributed by atoms with Crippen molar-refractivity contribution in [3.8, 4) is 5.75 Å². The lowest BCUT2D eigenvalue weighted by Crippen LogP contribution is -2.15. The van der Waals surface area contributed by atoms with Crippen LogP contribution in [0.4, 0.5) is 15.8 Å². The molecule has 8 nitrogen and oxygen atoms in total. The Morgan fingerprint density at radius 1 is 1.18 bits per heavy atom. The molecule has 1 aromatic heterocycles. The molecular weight excluding hydrogens is 367 g/mol. The summed E-state index contributed by atoms with van der Waals surface area (Å²) in [7, 11) is 0. The summed E-state index contributed by atoms with van der Waals surface area (Å²) in [5.74, 6) is -0.497. The second kappa shape index (κ2) is 8.30. The van der Waals surface area contributed by atoms with E-state index in [1.165, 1.54) is 19.1 Å². The lowest BCUT2D eigenvalue weighted by atomic mass is 10.1. The maximum atomic E-state index is 14.1. The molecule has 2 N–H and O–H groups in total. The van der Waals surface area contributed by atoms with Gasteiger partial charge in [0.05, 0.1) is 11.3 Å². The number of hydrogen-bond donors (Lipinski definition) is 2. The Balaban J connectivity index is 1.77. The molecule has 2 aromatic carbocycles. The largest absolute Gasteiger partial charge is 0.485 e. The van der Waals surface area contributed by atoms with Gasteiger partial charge >= 0.3 is 0 Å². The van der Waals surface area contributed by atoms with Crippen molar-refractivity contribution in [3.63, 3.8) is 0 Å². The Labute approximate surface area is 159 Å². The van der Waals surface area contributed by atoms with Crippen molar-refractivity contribution < 1.29 is 23.2 Å². The summed E-state index contributed by atoms with van der Waals surface area (Å²) in [5.41, 5.74) is 0.494. The number of carbonyl (C=O) groups excluding carboxylic acids is 2. The minimum absolute atomic E-state index is 0.00795. The average Bonchev–Trinajstić information content (AvgIpc) is 3.08. The molecule has 0 radical (unpaired) electrons. The molecule has 144 valence electrons. The van der Waals surface area contributed by atoms with E-state index in [0.717, 1.165) is 6.07 Å². The van der Waals surface area contributed by atoms with E-state index in [-0.39, 0.29) is 29.5 Å². The van der Waals surface area contributed by atoms with Crippen LogP contribution >= 0.6 is 0 Å². The number of ether oxygens (including phenoxy) is 1. The van der Waals surface area contributed by atoms with Gasteiger partial charge in [-0.1, -0.05) is 17.3 Å². The van der Waals surface area contributed by atoms with Gasteiger partial charge in [0.1, 0.15) is 11.6 Å². The molecule has 0 unspecified atom stereocenters. The molecule has 0 bridgehead atoms. The van der Waals surface area contributed by atoms with Crippen LogP contribution in [0.25, 0.3) is 0 Å². The number of aryl methyl sites for hydroxylation is 1. The van der Waals surface area contributed by atoms with Crippen LogP contribution in [0.2, 0.25) is 0 Å². The minimum atomic E-state index is -0.636. The molecule has 0 spiro atoms. The SMILES string of the molecule is CC(=O)Nc1ccc(F)c(NC(=O)c2ccccc2OCc2noc(C)n2)c1. The molecule has 3 rings (SSSR count). The Kier molecular flexibility index (Phi) is 5.64. The highest BCUT2D eigenvalue weighted by atomic mass is 19.1. The Bertz CT molecular complexity index is 1020. The highest BCUT2D eigenvalue weighted by molar-refractivity contribution is 6.06. The first-order chi connectivity index (χ1) is 13.4. The fourth-order valence-electron chi connectivity index (χ4n) is 2.41. The Morgan fingerprint density at radius 3 is 2.68 bits per heavy atom. The number of hydrogen-bond acceptors (Lipinski definition) is 6. The predicted octanol–water partition coefficient (Wildman–Crippen LogP) is 3.31. The van der Waals surface area contributed by atoms with Crippen molar-refractivity contribution in [2.75, 3.05) is 10.6 Å². The summed E-state index contributed by atoms with van der Waals surface area (Å²) in [6.07, 6.45) is 0. The van der Waals surface area contributed by atoms with Gasteiger partial charge in [0, 0.05) is 19.5 Å². The monoisotopic (exact) mass is 384 g/mol. The van der Waals surface area contributed by atoms with Gasteiger partial charge in [0.2, 0.25) is 17.6 Å². The number of aromatic nitrogens is 2. The summed E-state index contributed by atoms with van der Waals surface area (Å²) in [5, 5.41) is 8.74. The maximum Gasteiger partial charge on any atom is 0.259 e. The number of benzene rings is 2. The van der Waals surface area contributed by atoms with Gasteiger partial charge in [0.25, 0.3) is 5.91 Å². The molecule has 28 heavy (non-hydrogen) atoms. The smallest absolute Gasteiger partial charge is 0.259 e. The van der Waals surface area contributed by atoms with Crippen LogP contribution in [-0.2, 0) is 11.4 Å². The van der Waals surface area contributed by atoms with Crippen LogP contribution in [-0.4, -0.2) is 22.0 Å². The number of nitrogens with zero attached hydrogens (tertiary/aromatic N) is 2. The molecule has 0 saturated carbocycles. The first-order valence-corrected chi connectivity index (χ1v) is 8.32. The highest BCUT2D eigenvalue weighted by Gasteiger charge is 2.16. The third-order valence-electron chi connectivity index (χ3n) is 3.59. The summed E-state index contributed by atoms with van der Waals surface area (Å²) in [6, 6.07) is 10.4. The second-order valence-corrected chi connectivity index (χ2v) is 5.84. The van der Waals surface area contributed by atoms with Gasteiger partial charge in [-0.2, -0.15) is 4.98 Å². The summed E-state index contributed by atoms with van der Waals surface area (Å²) in [6.45, 7) is 3.00. The lowest BCUT2D eigenvalue weighted by Gasteiger charge is -2.12. The zero-order valence-corrected chi connectivity index (χ0v) is 15.2. The van der Waals surface area contributed by atoms with Crippen molar-refractivity contribution >= 4 is 23.2 Å². The summed E-state index contributed by atoms with van der Waals surface area (Å²) >= 11 is 0. The number of rotatable bonds is 6. The zero-order chi connectivity index (χ0) is 20.1. The predicted molar refractivity (Wildman–Crippen MR) is 98.5 cm³/mol. The Morgan fingerprint density at radius 2 is 1.96 bits per heavy atom. The third-order valence-corrected chi connectivity index (χ3v) is 3.59. The van der Waals surface area contributed by atoms with Crippen LogP contribution < -0.4 is 15.4 Å². The van der Waals surface area contributed by atoms with Crippen LogP contribution in [0.1, 0.15) is 29.0 Å². The number of amides is 2. The molecular formula is C19H17FN4O4. The van der Waals surface area contributed by atoms with Crippen LogP contribution in [0, 0.1) is 12.7 Å². The van der Waals surface area contributed by atoms with Crippen molar-refractivity contribution in [3.05, 3.63) is 65.6 Å². The van der Waals surface area contributed by atoms with Crippen molar-refractivity contribution in [1.29, 1.82) is 0 Å². The van der Waals surface area contributed by atoms with Gasteiger partial charge in [-0.15, -0.1) is 0 Å². The quantitative estimate of drug-likeness (QED) is 0.675. The van der Waals surface area contributed by atoms with Crippen molar-refractivity contribution in [2.45, 2.75) is 20.5 Å². The van der Waals surface area contributed by atoms with E-state index >= 15 is 0 Å². The number of halogens is 1. The molecule has 3 aromatic rings. The molecule has 0 aliphatic heterocycles. The number of para-hydroxylation sites is 1. The fourth-order valence-corrected chi connectivity index (χ4v) is 2.41. The minimum Gasteiger partial charge on any atom is -0.485 e. The van der Waals surface area contributed by atoms with Crippen LogP contribution in [0.3, 0.4) is 0 Å². The maximum absolute atomic E-state index is 14.1. The first-order valence-electron chi connectivity index (χ1n) is 8.32. The second-order valence-electron chi connectivity index (χ2n) is 5.84.